The van der Waals surface area contributed by atoms with Crippen LogP contribution < -0.4 is 9.47 Å². The molecule has 3 aromatic rings. The zero-order valence-corrected chi connectivity index (χ0v) is 23.5. The quantitative estimate of drug-likeness (QED) is 0.257. The van der Waals surface area contributed by atoms with Gasteiger partial charge >= 0.3 is 5.97 Å². The third-order valence-electron chi connectivity index (χ3n) is 8.14. The number of halogens is 3. The molecule has 1 saturated carbocycles. The Morgan fingerprint density at radius 3 is 2.52 bits per heavy atom. The molecule has 1 fully saturated rings. The molecule has 0 amide bonds. The van der Waals surface area contributed by atoms with Gasteiger partial charge < -0.3 is 14.6 Å². The smallest absolute Gasteiger partial charge is 0.303 e. The highest BCUT2D eigenvalue weighted by Crippen LogP contribution is 2.52. The first-order chi connectivity index (χ1) is 19.1. The van der Waals surface area contributed by atoms with Crippen molar-refractivity contribution in [2.24, 2.45) is 5.41 Å². The van der Waals surface area contributed by atoms with Crippen LogP contribution in [-0.4, -0.2) is 18.2 Å². The normalized spacial score (nSPS) is 17.0. The van der Waals surface area contributed by atoms with E-state index in [-0.39, 0.29) is 41.2 Å². The molecule has 0 saturated heterocycles. The van der Waals surface area contributed by atoms with E-state index < -0.39 is 29.3 Å². The molecule has 2 atom stereocenters. The predicted octanol–water partition coefficient (Wildman–Crippen LogP) is 9.01. The van der Waals surface area contributed by atoms with Crippen molar-refractivity contribution < 1.29 is 32.5 Å². The van der Waals surface area contributed by atoms with E-state index in [0.29, 0.717) is 35.3 Å². The molecule has 1 aliphatic carbocycles. The standard InChI is InChI=1S/C33H37F3O4/c1-5-8-21(17-30(37)38)23-9-6-11-29(32(23)36)40-19-20-15-24(26-10-7-14-33(26,2)3)31(28(35)16-20)25-18-22(39-4)12-13-27(25)34/h6,9,11-13,15-16,18,21,26H,5,7-8,10,14,17,19H2,1-4H3,(H,37,38)/t21-,26-/m0/s1. The van der Waals surface area contributed by atoms with Crippen LogP contribution in [-0.2, 0) is 11.4 Å². The molecule has 0 aromatic heterocycles. The summed E-state index contributed by atoms with van der Waals surface area (Å²) in [6.07, 6.45) is 3.85. The van der Waals surface area contributed by atoms with Crippen molar-refractivity contribution in [1.82, 2.24) is 0 Å². The minimum absolute atomic E-state index is 0.00608. The Labute approximate surface area is 234 Å². The second-order valence-electron chi connectivity index (χ2n) is 11.4. The van der Waals surface area contributed by atoms with Gasteiger partial charge in [0, 0.05) is 11.1 Å². The van der Waals surface area contributed by atoms with Crippen LogP contribution in [0.25, 0.3) is 11.1 Å². The zero-order valence-electron chi connectivity index (χ0n) is 23.5. The lowest BCUT2D eigenvalue weighted by molar-refractivity contribution is -0.137. The summed E-state index contributed by atoms with van der Waals surface area (Å²) in [6, 6.07) is 12.2. The van der Waals surface area contributed by atoms with E-state index >= 15 is 13.2 Å². The van der Waals surface area contributed by atoms with Crippen LogP contribution in [0.5, 0.6) is 11.5 Å². The summed E-state index contributed by atoms with van der Waals surface area (Å²) in [6.45, 7) is 6.10. The summed E-state index contributed by atoms with van der Waals surface area (Å²) >= 11 is 0. The van der Waals surface area contributed by atoms with E-state index in [1.54, 1.807) is 12.1 Å². The highest BCUT2D eigenvalue weighted by atomic mass is 19.1. The molecule has 40 heavy (non-hydrogen) atoms. The molecule has 0 unspecified atom stereocenters. The predicted molar refractivity (Wildman–Crippen MR) is 149 cm³/mol. The molecule has 4 rings (SSSR count). The Balaban J connectivity index is 1.72. The van der Waals surface area contributed by atoms with Gasteiger partial charge in [0.1, 0.15) is 24.0 Å². The topological polar surface area (TPSA) is 55.8 Å². The van der Waals surface area contributed by atoms with Crippen LogP contribution >= 0.6 is 0 Å². The van der Waals surface area contributed by atoms with E-state index in [1.807, 2.05) is 13.0 Å². The fourth-order valence-corrected chi connectivity index (χ4v) is 6.10. The molecule has 214 valence electrons. The number of ether oxygens (including phenoxy) is 2. The lowest BCUT2D eigenvalue weighted by Gasteiger charge is -2.30. The first-order valence-corrected chi connectivity index (χ1v) is 13.8. The summed E-state index contributed by atoms with van der Waals surface area (Å²) in [5.74, 6) is -2.78. The Hall–Kier alpha value is -3.48. The number of rotatable bonds is 11. The van der Waals surface area contributed by atoms with Crippen molar-refractivity contribution in [1.29, 1.82) is 0 Å². The number of carbonyl (C=O) groups is 1. The van der Waals surface area contributed by atoms with Crippen molar-refractivity contribution >= 4 is 5.97 Å². The van der Waals surface area contributed by atoms with Crippen LogP contribution in [0.15, 0.2) is 48.5 Å². The SMILES string of the molecule is CCC[C@@H](CC(=O)O)c1cccc(OCc2cc(F)c(-c3cc(OC)ccc3F)c([C@@H]3CCCC3(C)C)c2)c1F. The van der Waals surface area contributed by atoms with Crippen molar-refractivity contribution in [2.75, 3.05) is 7.11 Å². The van der Waals surface area contributed by atoms with Gasteiger partial charge in [-0.1, -0.05) is 51.8 Å². The molecule has 3 aromatic carbocycles. The molecule has 0 radical (unpaired) electrons. The summed E-state index contributed by atoms with van der Waals surface area (Å²) in [5.41, 5.74) is 1.74. The number of aliphatic carboxylic acids is 1. The molecule has 4 nitrogen and oxygen atoms in total. The van der Waals surface area contributed by atoms with Gasteiger partial charge in [0.25, 0.3) is 0 Å². The van der Waals surface area contributed by atoms with Gasteiger partial charge in [-0.3, -0.25) is 4.79 Å². The Bertz CT molecular complexity index is 1370. The maximum Gasteiger partial charge on any atom is 0.303 e. The van der Waals surface area contributed by atoms with Crippen molar-refractivity contribution in [2.45, 2.75) is 77.7 Å². The largest absolute Gasteiger partial charge is 0.497 e. The number of carboxylic acids is 1. The third kappa shape index (κ3) is 6.29. The monoisotopic (exact) mass is 554 g/mol. The number of benzene rings is 3. The maximum absolute atomic E-state index is 15.9. The molecule has 1 aliphatic rings. The van der Waals surface area contributed by atoms with E-state index in [2.05, 4.69) is 13.8 Å². The first-order valence-electron chi connectivity index (χ1n) is 13.8. The van der Waals surface area contributed by atoms with Gasteiger partial charge in [0.15, 0.2) is 11.6 Å². The minimum Gasteiger partial charge on any atom is -0.497 e. The van der Waals surface area contributed by atoms with Gasteiger partial charge in [-0.15, -0.1) is 0 Å². The highest BCUT2D eigenvalue weighted by Gasteiger charge is 2.38. The highest BCUT2D eigenvalue weighted by molar-refractivity contribution is 5.72. The zero-order chi connectivity index (χ0) is 29.0. The van der Waals surface area contributed by atoms with Gasteiger partial charge in [-0.25, -0.2) is 13.2 Å². The van der Waals surface area contributed by atoms with Crippen LogP contribution in [0.1, 0.15) is 87.8 Å². The average molecular weight is 555 g/mol. The second-order valence-corrected chi connectivity index (χ2v) is 11.4. The lowest BCUT2D eigenvalue weighted by atomic mass is 9.75. The minimum atomic E-state index is -0.991. The maximum atomic E-state index is 15.9. The van der Waals surface area contributed by atoms with Crippen LogP contribution in [0.2, 0.25) is 0 Å². The molecule has 0 aliphatic heterocycles. The first kappa shape index (κ1) is 29.5. The summed E-state index contributed by atoms with van der Waals surface area (Å²) in [7, 11) is 1.48. The van der Waals surface area contributed by atoms with E-state index in [1.165, 1.54) is 37.4 Å². The average Bonchev–Trinajstić information content (AvgIpc) is 3.26. The summed E-state index contributed by atoms with van der Waals surface area (Å²) in [5, 5.41) is 9.29. The molecule has 0 bridgehead atoms. The van der Waals surface area contributed by atoms with Crippen LogP contribution in [0.4, 0.5) is 13.2 Å². The number of carboxylic acid groups (broad SMARTS) is 1. The summed E-state index contributed by atoms with van der Waals surface area (Å²) < 4.78 is 57.6. The number of hydrogen-bond acceptors (Lipinski definition) is 3. The fourth-order valence-electron chi connectivity index (χ4n) is 6.10. The van der Waals surface area contributed by atoms with E-state index in [4.69, 9.17) is 9.47 Å². The molecule has 0 spiro atoms. The fraction of sp³-hybridized carbons (Fsp3) is 0.424. The van der Waals surface area contributed by atoms with Crippen molar-refractivity contribution in [3.8, 4) is 22.6 Å². The number of hydrogen-bond donors (Lipinski definition) is 1. The van der Waals surface area contributed by atoms with Crippen LogP contribution in [0.3, 0.4) is 0 Å². The van der Waals surface area contributed by atoms with Gasteiger partial charge in [0.2, 0.25) is 0 Å². The lowest BCUT2D eigenvalue weighted by Crippen LogP contribution is -2.17. The van der Waals surface area contributed by atoms with E-state index in [0.717, 1.165) is 19.3 Å². The molecule has 7 heteroatoms. The molecule has 1 N–H and O–H groups in total. The molecule has 0 heterocycles. The van der Waals surface area contributed by atoms with Crippen LogP contribution in [0, 0.1) is 22.9 Å². The van der Waals surface area contributed by atoms with Crippen molar-refractivity contribution in [3.05, 3.63) is 82.7 Å². The van der Waals surface area contributed by atoms with Gasteiger partial charge in [-0.2, -0.15) is 0 Å². The molecular weight excluding hydrogens is 517 g/mol. The third-order valence-corrected chi connectivity index (χ3v) is 8.14. The number of methoxy groups -OCH3 is 1. The Morgan fingerprint density at radius 2 is 1.88 bits per heavy atom. The molecular formula is C33H37F3O4. The van der Waals surface area contributed by atoms with E-state index in [9.17, 15) is 9.90 Å². The Morgan fingerprint density at radius 1 is 1.10 bits per heavy atom. The summed E-state index contributed by atoms with van der Waals surface area (Å²) in [4.78, 5) is 11.4. The van der Waals surface area contributed by atoms with Crippen molar-refractivity contribution in [3.63, 3.8) is 0 Å². The Kier molecular flexibility index (Phi) is 9.12. The van der Waals surface area contributed by atoms with Gasteiger partial charge in [0.05, 0.1) is 13.5 Å². The van der Waals surface area contributed by atoms with Gasteiger partial charge in [-0.05, 0) is 83.5 Å². The second kappa shape index (κ2) is 12.4.